The van der Waals surface area contributed by atoms with Crippen LogP contribution in [0.2, 0.25) is 15.1 Å². The number of amides is 2. The maximum Gasteiger partial charge on any atom is 0.257 e. The number of anilines is 3. The molecule has 10 heteroatoms. The van der Waals surface area contributed by atoms with Crippen LogP contribution in [0.5, 0.6) is 0 Å². The Morgan fingerprint density at radius 3 is 2.19 bits per heavy atom. The van der Waals surface area contributed by atoms with Crippen LogP contribution in [-0.2, 0) is 11.2 Å². The first-order chi connectivity index (χ1) is 20.0. The van der Waals surface area contributed by atoms with Gasteiger partial charge in [-0.05, 0) is 84.6 Å². The number of rotatable bonds is 9. The molecular weight excluding hydrogens is 636 g/mol. The van der Waals surface area contributed by atoms with Gasteiger partial charge in [-0.2, -0.15) is 0 Å². The number of benzene rings is 4. The van der Waals surface area contributed by atoms with E-state index in [2.05, 4.69) is 28.1 Å². The predicted octanol–water partition coefficient (Wildman–Crippen LogP) is 9.39. The molecule has 1 aliphatic carbocycles. The molecule has 3 N–H and O–H groups in total. The maximum absolute atomic E-state index is 13.2. The summed E-state index contributed by atoms with van der Waals surface area (Å²) >= 11 is 31.6. The summed E-state index contributed by atoms with van der Waals surface area (Å²) in [6, 6.07) is 25.6. The first-order valence-electron chi connectivity index (χ1n) is 13.2. The summed E-state index contributed by atoms with van der Waals surface area (Å²) in [7, 11) is 0. The highest BCUT2D eigenvalue weighted by Crippen LogP contribution is 2.65. The lowest BCUT2D eigenvalue weighted by Gasteiger charge is -2.13. The number of carbonyl (C=O) groups is 2. The number of hydrogen-bond donors (Lipinski definition) is 3. The van der Waals surface area contributed by atoms with Crippen LogP contribution in [0.1, 0.15) is 33.0 Å². The topological polar surface area (TPSA) is 70.2 Å². The molecule has 42 heavy (non-hydrogen) atoms. The summed E-state index contributed by atoms with van der Waals surface area (Å²) in [6.45, 7) is 2.70. The second-order valence-corrected chi connectivity index (χ2v) is 12.9. The first kappa shape index (κ1) is 30.5. The van der Waals surface area contributed by atoms with E-state index in [9.17, 15) is 9.59 Å². The van der Waals surface area contributed by atoms with E-state index >= 15 is 0 Å². The van der Waals surface area contributed by atoms with Crippen LogP contribution in [0, 0.1) is 12.8 Å². The molecule has 0 heterocycles. The quantitative estimate of drug-likeness (QED) is 0.157. The molecule has 0 radical (unpaired) electrons. The van der Waals surface area contributed by atoms with E-state index < -0.39 is 28.0 Å². The van der Waals surface area contributed by atoms with Crippen LogP contribution in [0.25, 0.3) is 0 Å². The van der Waals surface area contributed by atoms with Gasteiger partial charge in [-0.25, -0.2) is 0 Å². The summed E-state index contributed by atoms with van der Waals surface area (Å²) in [5, 5.41) is 10.2. The van der Waals surface area contributed by atoms with Crippen LogP contribution in [0.15, 0.2) is 84.9 Å². The smallest absolute Gasteiger partial charge is 0.257 e. The second-order valence-electron chi connectivity index (χ2n) is 10.2. The molecule has 2 atom stereocenters. The normalized spacial score (nSPS) is 16.9. The third-order valence-electron chi connectivity index (χ3n) is 7.12. The van der Waals surface area contributed by atoms with Crippen molar-refractivity contribution < 1.29 is 9.59 Å². The molecule has 1 aliphatic rings. The third-order valence-corrected chi connectivity index (χ3v) is 8.83. The van der Waals surface area contributed by atoms with Crippen molar-refractivity contribution in [1.82, 2.24) is 0 Å². The summed E-state index contributed by atoms with van der Waals surface area (Å²) in [5.41, 5.74) is 5.00. The summed E-state index contributed by atoms with van der Waals surface area (Å²) in [5.74, 6) is -2.05. The molecular formula is C32H26Cl5N3O2. The van der Waals surface area contributed by atoms with Crippen molar-refractivity contribution in [2.75, 3.05) is 22.5 Å². The minimum absolute atomic E-state index is 0.205. The van der Waals surface area contributed by atoms with Crippen LogP contribution in [0.4, 0.5) is 17.1 Å². The SMILES string of the molecule is Cc1cc(NCCc2ccccc2)ccc1NC(=O)c1cc(NC(=O)[C@H]2[C@H](c3cc(Cl)cc(Cl)c3)C2(Cl)Cl)ccc1Cl. The van der Waals surface area contributed by atoms with Gasteiger partial charge in [-0.3, -0.25) is 9.59 Å². The Morgan fingerprint density at radius 2 is 1.50 bits per heavy atom. The van der Waals surface area contributed by atoms with Gasteiger partial charge in [0.15, 0.2) is 0 Å². The van der Waals surface area contributed by atoms with Gasteiger partial charge < -0.3 is 16.0 Å². The highest BCUT2D eigenvalue weighted by Gasteiger charge is 2.67. The number of carbonyl (C=O) groups excluding carboxylic acids is 2. The molecule has 0 saturated heterocycles. The fourth-order valence-corrected chi connectivity index (χ4v) is 6.49. The largest absolute Gasteiger partial charge is 0.385 e. The summed E-state index contributed by atoms with van der Waals surface area (Å²) < 4.78 is -1.33. The summed E-state index contributed by atoms with van der Waals surface area (Å²) in [4.78, 5) is 26.3. The van der Waals surface area contributed by atoms with Gasteiger partial charge in [0, 0.05) is 39.6 Å². The molecule has 1 fully saturated rings. The Labute approximate surface area is 269 Å². The summed E-state index contributed by atoms with van der Waals surface area (Å²) in [6.07, 6.45) is 0.900. The molecule has 5 nitrogen and oxygen atoms in total. The monoisotopic (exact) mass is 659 g/mol. The number of nitrogens with one attached hydrogen (secondary N) is 3. The van der Waals surface area contributed by atoms with Gasteiger partial charge in [-0.15, -0.1) is 23.2 Å². The molecule has 0 unspecified atom stereocenters. The van der Waals surface area contributed by atoms with Crippen molar-refractivity contribution in [2.45, 2.75) is 23.6 Å². The fourth-order valence-electron chi connectivity index (χ4n) is 4.92. The highest BCUT2D eigenvalue weighted by atomic mass is 35.5. The van der Waals surface area contributed by atoms with Crippen LogP contribution in [0.3, 0.4) is 0 Å². The van der Waals surface area contributed by atoms with Crippen molar-refractivity contribution in [3.63, 3.8) is 0 Å². The van der Waals surface area contributed by atoms with Crippen molar-refractivity contribution in [2.24, 2.45) is 5.92 Å². The number of halogens is 5. The maximum atomic E-state index is 13.2. The average molecular weight is 662 g/mol. The third kappa shape index (κ3) is 6.99. The van der Waals surface area contributed by atoms with E-state index in [0.29, 0.717) is 27.0 Å². The number of hydrogen-bond acceptors (Lipinski definition) is 3. The zero-order valence-corrected chi connectivity index (χ0v) is 26.1. The Morgan fingerprint density at radius 1 is 0.810 bits per heavy atom. The zero-order chi connectivity index (χ0) is 30.0. The Kier molecular flexibility index (Phi) is 9.26. The lowest BCUT2D eigenvalue weighted by molar-refractivity contribution is -0.117. The van der Waals surface area contributed by atoms with E-state index in [-0.39, 0.29) is 10.6 Å². The van der Waals surface area contributed by atoms with Gasteiger partial charge >= 0.3 is 0 Å². The molecule has 0 spiro atoms. The van der Waals surface area contributed by atoms with Gasteiger partial charge in [0.05, 0.1) is 16.5 Å². The van der Waals surface area contributed by atoms with E-state index in [1.165, 1.54) is 11.6 Å². The average Bonchev–Trinajstić information content (AvgIpc) is 3.53. The van der Waals surface area contributed by atoms with Gasteiger partial charge in [-0.1, -0.05) is 65.1 Å². The fraction of sp³-hybridized carbons (Fsp3) is 0.188. The lowest BCUT2D eigenvalue weighted by Crippen LogP contribution is -2.18. The van der Waals surface area contributed by atoms with Gasteiger partial charge in [0.2, 0.25) is 5.91 Å². The van der Waals surface area contributed by atoms with Gasteiger partial charge in [0.1, 0.15) is 4.33 Å². The predicted molar refractivity (Wildman–Crippen MR) is 175 cm³/mol. The van der Waals surface area contributed by atoms with E-state index in [1.54, 1.807) is 30.3 Å². The van der Waals surface area contributed by atoms with Crippen molar-refractivity contribution in [3.05, 3.63) is 122 Å². The van der Waals surface area contributed by atoms with Crippen LogP contribution >= 0.6 is 58.0 Å². The van der Waals surface area contributed by atoms with Crippen molar-refractivity contribution in [1.29, 1.82) is 0 Å². The molecule has 5 rings (SSSR count). The molecule has 0 aromatic heterocycles. The Hall–Kier alpha value is -2.93. The van der Waals surface area contributed by atoms with E-state index in [0.717, 1.165) is 24.2 Å². The molecule has 1 saturated carbocycles. The highest BCUT2D eigenvalue weighted by molar-refractivity contribution is 6.53. The molecule has 4 aromatic carbocycles. The van der Waals surface area contributed by atoms with Crippen LogP contribution < -0.4 is 16.0 Å². The second kappa shape index (κ2) is 12.7. The molecule has 2 amide bonds. The van der Waals surface area contributed by atoms with Crippen molar-refractivity contribution in [3.8, 4) is 0 Å². The van der Waals surface area contributed by atoms with Crippen LogP contribution in [-0.4, -0.2) is 22.7 Å². The molecule has 4 aromatic rings. The zero-order valence-electron chi connectivity index (χ0n) is 22.4. The Balaban J connectivity index is 1.23. The minimum atomic E-state index is -1.33. The van der Waals surface area contributed by atoms with E-state index in [4.69, 9.17) is 58.0 Å². The first-order valence-corrected chi connectivity index (χ1v) is 15.1. The standard InChI is InChI=1S/C32H26Cl5N3O2/c1-18-13-23(38-12-11-19-5-3-2-4-6-19)8-10-27(18)40-30(41)25-17-24(7-9-26(25)35)39-31(42)29-28(32(29,36)37)20-14-21(33)16-22(34)15-20/h2-10,13-17,28-29,38H,11-12H2,1H3,(H,39,42)(H,40,41)/t28-,29+/m0/s1. The molecule has 0 aliphatic heterocycles. The lowest BCUT2D eigenvalue weighted by atomic mass is 10.1. The van der Waals surface area contributed by atoms with Crippen molar-refractivity contribution >= 4 is 86.9 Å². The molecule has 216 valence electrons. The Bertz CT molecular complexity index is 1620. The van der Waals surface area contributed by atoms with E-state index in [1.807, 2.05) is 43.3 Å². The van der Waals surface area contributed by atoms with Gasteiger partial charge in [0.25, 0.3) is 5.91 Å². The number of alkyl halides is 2. The molecule has 0 bridgehead atoms. The number of aryl methyl sites for hydroxylation is 1. The minimum Gasteiger partial charge on any atom is -0.385 e.